The van der Waals surface area contributed by atoms with Gasteiger partial charge >= 0.3 is 0 Å². The van der Waals surface area contributed by atoms with Crippen molar-refractivity contribution in [1.29, 1.82) is 0 Å². The van der Waals surface area contributed by atoms with Crippen molar-refractivity contribution < 1.29 is 0 Å². The highest BCUT2D eigenvalue weighted by Gasteiger charge is 2.13. The first-order valence-corrected chi connectivity index (χ1v) is 6.88. The van der Waals surface area contributed by atoms with E-state index in [1.807, 2.05) is 6.07 Å². The van der Waals surface area contributed by atoms with Crippen LogP contribution in [0.25, 0.3) is 0 Å². The van der Waals surface area contributed by atoms with Gasteiger partial charge in [-0.2, -0.15) is 5.10 Å². The molecule has 2 N–H and O–H groups in total. The van der Waals surface area contributed by atoms with Gasteiger partial charge in [0, 0.05) is 5.69 Å². The molecule has 102 valence electrons. The first kappa shape index (κ1) is 13.8. The van der Waals surface area contributed by atoms with Crippen LogP contribution in [0.3, 0.4) is 0 Å². The van der Waals surface area contributed by atoms with Gasteiger partial charge in [-0.25, -0.2) is 0 Å². The third-order valence-electron chi connectivity index (χ3n) is 3.66. The van der Waals surface area contributed by atoms with E-state index in [9.17, 15) is 0 Å². The third kappa shape index (κ3) is 3.24. The average molecular weight is 257 g/mol. The van der Waals surface area contributed by atoms with Crippen molar-refractivity contribution in [1.82, 2.24) is 9.78 Å². The molecular weight excluding hydrogens is 234 g/mol. The summed E-state index contributed by atoms with van der Waals surface area (Å²) in [6.07, 6.45) is 1.02. The number of hydrogen-bond acceptors (Lipinski definition) is 2. The lowest BCUT2D eigenvalue weighted by atomic mass is 10.00. The van der Waals surface area contributed by atoms with Crippen LogP contribution in [-0.4, -0.2) is 16.3 Å². The number of nitrogens with two attached hydrogens (primary N) is 1. The van der Waals surface area contributed by atoms with E-state index in [1.54, 1.807) is 0 Å². The van der Waals surface area contributed by atoms with E-state index < -0.39 is 0 Å². The van der Waals surface area contributed by atoms with Crippen LogP contribution in [0.4, 0.5) is 0 Å². The molecule has 2 aromatic rings. The molecule has 0 radical (unpaired) electrons. The molecule has 3 nitrogen and oxygen atoms in total. The predicted octanol–water partition coefficient (Wildman–Crippen LogP) is 2.69. The Bertz CT molecular complexity index is 528. The summed E-state index contributed by atoms with van der Waals surface area (Å²) in [7, 11) is 0. The van der Waals surface area contributed by atoms with E-state index in [1.165, 1.54) is 16.8 Å². The van der Waals surface area contributed by atoms with E-state index in [-0.39, 0.29) is 0 Å². The standard InChI is InChI=1S/C16H23N3/c1-12(10-17)9-16-13(2)18-19(14(16)3)11-15-7-5-4-6-8-15/h4-8,12H,9-11,17H2,1-3H3. The van der Waals surface area contributed by atoms with Crippen molar-refractivity contribution in [2.45, 2.75) is 33.7 Å². The molecule has 19 heavy (non-hydrogen) atoms. The number of hydrogen-bond donors (Lipinski definition) is 1. The van der Waals surface area contributed by atoms with Crippen LogP contribution in [0, 0.1) is 19.8 Å². The summed E-state index contributed by atoms with van der Waals surface area (Å²) in [6.45, 7) is 8.00. The van der Waals surface area contributed by atoms with Gasteiger partial charge in [-0.05, 0) is 43.9 Å². The molecule has 0 saturated heterocycles. The molecule has 1 unspecified atom stereocenters. The fourth-order valence-electron chi connectivity index (χ4n) is 2.37. The van der Waals surface area contributed by atoms with Gasteiger partial charge in [-0.15, -0.1) is 0 Å². The van der Waals surface area contributed by atoms with Crippen molar-refractivity contribution in [2.75, 3.05) is 6.54 Å². The molecule has 0 aliphatic heterocycles. The molecule has 0 fully saturated rings. The van der Waals surface area contributed by atoms with Crippen molar-refractivity contribution in [3.63, 3.8) is 0 Å². The zero-order chi connectivity index (χ0) is 13.8. The molecule has 0 saturated carbocycles. The fourth-order valence-corrected chi connectivity index (χ4v) is 2.37. The number of rotatable bonds is 5. The lowest BCUT2D eigenvalue weighted by Crippen LogP contribution is -2.14. The Labute approximate surface area is 115 Å². The highest BCUT2D eigenvalue weighted by molar-refractivity contribution is 5.26. The van der Waals surface area contributed by atoms with Gasteiger partial charge in [-0.3, -0.25) is 4.68 Å². The summed E-state index contributed by atoms with van der Waals surface area (Å²) in [5.41, 5.74) is 10.8. The van der Waals surface area contributed by atoms with E-state index in [4.69, 9.17) is 5.73 Å². The van der Waals surface area contributed by atoms with Crippen molar-refractivity contribution >= 4 is 0 Å². The van der Waals surface area contributed by atoms with Crippen LogP contribution >= 0.6 is 0 Å². The molecule has 0 amide bonds. The lowest BCUT2D eigenvalue weighted by Gasteiger charge is -2.09. The number of benzene rings is 1. The predicted molar refractivity (Wildman–Crippen MR) is 79.2 cm³/mol. The fraction of sp³-hybridized carbons (Fsp3) is 0.438. The Morgan fingerprint density at radius 1 is 1.21 bits per heavy atom. The van der Waals surface area contributed by atoms with Crippen molar-refractivity contribution in [3.8, 4) is 0 Å². The van der Waals surface area contributed by atoms with Crippen LogP contribution in [0.2, 0.25) is 0 Å². The minimum absolute atomic E-state index is 0.506. The number of aryl methyl sites for hydroxylation is 1. The van der Waals surface area contributed by atoms with Gasteiger partial charge in [0.15, 0.2) is 0 Å². The first-order valence-electron chi connectivity index (χ1n) is 6.88. The Kier molecular flexibility index (Phi) is 4.38. The quantitative estimate of drug-likeness (QED) is 0.895. The van der Waals surface area contributed by atoms with Gasteiger partial charge in [0.05, 0.1) is 12.2 Å². The maximum Gasteiger partial charge on any atom is 0.0662 e. The van der Waals surface area contributed by atoms with E-state index in [0.717, 1.165) is 25.2 Å². The summed E-state index contributed by atoms with van der Waals surface area (Å²) >= 11 is 0. The SMILES string of the molecule is Cc1nn(Cc2ccccc2)c(C)c1CC(C)CN. The normalized spacial score (nSPS) is 12.6. The second-order valence-electron chi connectivity index (χ2n) is 5.34. The Morgan fingerprint density at radius 2 is 1.89 bits per heavy atom. The Hall–Kier alpha value is -1.61. The lowest BCUT2D eigenvalue weighted by molar-refractivity contribution is 0.587. The van der Waals surface area contributed by atoms with E-state index in [2.05, 4.69) is 54.8 Å². The first-order chi connectivity index (χ1) is 9.11. The van der Waals surface area contributed by atoms with E-state index >= 15 is 0 Å². The maximum absolute atomic E-state index is 5.72. The monoisotopic (exact) mass is 257 g/mol. The minimum atomic E-state index is 0.506. The molecule has 1 heterocycles. The topological polar surface area (TPSA) is 43.8 Å². The summed E-state index contributed by atoms with van der Waals surface area (Å²) in [4.78, 5) is 0. The smallest absolute Gasteiger partial charge is 0.0662 e. The van der Waals surface area contributed by atoms with Gasteiger partial charge < -0.3 is 5.73 Å². The average Bonchev–Trinajstić information content (AvgIpc) is 2.67. The molecule has 1 aromatic heterocycles. The minimum Gasteiger partial charge on any atom is -0.330 e. The molecule has 0 aliphatic rings. The maximum atomic E-state index is 5.72. The summed E-state index contributed by atoms with van der Waals surface area (Å²) in [5, 5.41) is 4.67. The van der Waals surface area contributed by atoms with Crippen LogP contribution in [0.15, 0.2) is 30.3 Å². The highest BCUT2D eigenvalue weighted by atomic mass is 15.3. The molecule has 3 heteroatoms. The third-order valence-corrected chi connectivity index (χ3v) is 3.66. The van der Waals surface area contributed by atoms with Crippen LogP contribution in [0.1, 0.15) is 29.4 Å². The van der Waals surface area contributed by atoms with Gasteiger partial charge in [0.2, 0.25) is 0 Å². The zero-order valence-electron chi connectivity index (χ0n) is 12.1. The molecular formula is C16H23N3. The Balaban J connectivity index is 2.21. The van der Waals surface area contributed by atoms with Crippen LogP contribution in [-0.2, 0) is 13.0 Å². The largest absolute Gasteiger partial charge is 0.330 e. The van der Waals surface area contributed by atoms with Gasteiger partial charge in [-0.1, -0.05) is 37.3 Å². The number of nitrogens with zero attached hydrogens (tertiary/aromatic N) is 2. The highest BCUT2D eigenvalue weighted by Crippen LogP contribution is 2.18. The molecule has 1 atom stereocenters. The van der Waals surface area contributed by atoms with Crippen LogP contribution < -0.4 is 5.73 Å². The zero-order valence-corrected chi connectivity index (χ0v) is 12.1. The van der Waals surface area contributed by atoms with E-state index in [0.29, 0.717) is 5.92 Å². The van der Waals surface area contributed by atoms with Crippen LogP contribution in [0.5, 0.6) is 0 Å². The second kappa shape index (κ2) is 6.02. The molecule has 2 rings (SSSR count). The number of aromatic nitrogens is 2. The summed E-state index contributed by atoms with van der Waals surface area (Å²) in [5.74, 6) is 0.506. The summed E-state index contributed by atoms with van der Waals surface area (Å²) in [6, 6.07) is 10.5. The molecule has 1 aromatic carbocycles. The van der Waals surface area contributed by atoms with Crippen molar-refractivity contribution in [2.24, 2.45) is 11.7 Å². The van der Waals surface area contributed by atoms with Gasteiger partial charge in [0.25, 0.3) is 0 Å². The molecule has 0 bridgehead atoms. The van der Waals surface area contributed by atoms with Gasteiger partial charge in [0.1, 0.15) is 0 Å². The molecule has 0 spiro atoms. The second-order valence-corrected chi connectivity index (χ2v) is 5.34. The van der Waals surface area contributed by atoms with Crippen molar-refractivity contribution in [3.05, 3.63) is 52.8 Å². The Morgan fingerprint density at radius 3 is 2.53 bits per heavy atom. The molecule has 0 aliphatic carbocycles. The summed E-state index contributed by atoms with van der Waals surface area (Å²) < 4.78 is 2.10.